The van der Waals surface area contributed by atoms with Gasteiger partial charge < -0.3 is 26.7 Å². The van der Waals surface area contributed by atoms with Gasteiger partial charge >= 0.3 is 23.9 Å². The van der Waals surface area contributed by atoms with Crippen molar-refractivity contribution in [2.24, 2.45) is 17.2 Å². The van der Waals surface area contributed by atoms with Crippen molar-refractivity contribution in [2.45, 2.75) is 37.4 Å². The first-order valence-electron chi connectivity index (χ1n) is 6.71. The Labute approximate surface area is 144 Å². The number of carbonyl (C=O) groups is 4. The summed E-state index contributed by atoms with van der Waals surface area (Å²) in [6.45, 7) is 0. The number of hydrogen-bond acceptors (Lipinski definition) is 11. The lowest BCUT2D eigenvalue weighted by Gasteiger charge is -2.12. The summed E-state index contributed by atoms with van der Waals surface area (Å²) in [7, 11) is 0. The Balaban J connectivity index is 4.08. The summed E-state index contributed by atoms with van der Waals surface area (Å²) in [5.41, 5.74) is 16.2. The van der Waals surface area contributed by atoms with Crippen LogP contribution in [0.15, 0.2) is 0 Å². The van der Waals surface area contributed by atoms with E-state index in [1.165, 1.54) is 0 Å². The number of esters is 4. The molecule has 0 amide bonds. The summed E-state index contributed by atoms with van der Waals surface area (Å²) >= 11 is 7.59. The van der Waals surface area contributed by atoms with Crippen LogP contribution in [0.2, 0.25) is 0 Å². The number of carbonyl (C=O) groups excluding carboxylic acids is 4. The standard InChI is InChI=1S/C12H21N3O6S2/c13-6(10(17)21-12(19)8(15)5-23)2-1-3-9(16)20-11(18)7(14)4-22/h6-8,22-23H,1-5,13-15H2/t6?,7-,8-/m0/s1. The number of nitrogens with two attached hydrogens (primary N) is 3. The van der Waals surface area contributed by atoms with Crippen molar-refractivity contribution in [3.05, 3.63) is 0 Å². The zero-order chi connectivity index (χ0) is 18.0. The molecule has 0 radical (unpaired) electrons. The van der Waals surface area contributed by atoms with Crippen LogP contribution in [0.3, 0.4) is 0 Å². The molecule has 0 aliphatic rings. The van der Waals surface area contributed by atoms with Crippen LogP contribution in [0.1, 0.15) is 19.3 Å². The first-order valence-corrected chi connectivity index (χ1v) is 7.97. The minimum absolute atomic E-state index is 0.0235. The van der Waals surface area contributed by atoms with E-state index in [0.29, 0.717) is 0 Å². The van der Waals surface area contributed by atoms with Crippen LogP contribution < -0.4 is 17.2 Å². The molecule has 132 valence electrons. The van der Waals surface area contributed by atoms with Gasteiger partial charge in [-0.3, -0.25) is 4.79 Å². The highest BCUT2D eigenvalue weighted by Crippen LogP contribution is 2.04. The van der Waals surface area contributed by atoms with E-state index in [0.717, 1.165) is 0 Å². The minimum atomic E-state index is -1.10. The smallest absolute Gasteiger partial charge is 0.331 e. The van der Waals surface area contributed by atoms with E-state index >= 15 is 0 Å². The Morgan fingerprint density at radius 1 is 0.783 bits per heavy atom. The Bertz CT molecular complexity index is 449. The van der Waals surface area contributed by atoms with Crippen molar-refractivity contribution >= 4 is 49.1 Å². The van der Waals surface area contributed by atoms with E-state index in [-0.39, 0.29) is 30.8 Å². The summed E-state index contributed by atoms with van der Waals surface area (Å²) in [6, 6.07) is -3.11. The minimum Gasteiger partial charge on any atom is -0.392 e. The summed E-state index contributed by atoms with van der Waals surface area (Å²) in [6.07, 6.45) is 0.0750. The van der Waals surface area contributed by atoms with Crippen LogP contribution >= 0.6 is 25.3 Å². The Hall–Kier alpha value is -1.14. The van der Waals surface area contributed by atoms with E-state index in [4.69, 9.17) is 17.2 Å². The third-order valence-electron chi connectivity index (χ3n) is 2.61. The van der Waals surface area contributed by atoms with E-state index in [2.05, 4.69) is 34.7 Å². The van der Waals surface area contributed by atoms with Crippen molar-refractivity contribution < 1.29 is 28.7 Å². The zero-order valence-corrected chi connectivity index (χ0v) is 14.1. The van der Waals surface area contributed by atoms with Gasteiger partial charge in [0.1, 0.15) is 18.1 Å². The summed E-state index contributed by atoms with van der Waals surface area (Å²) in [5, 5.41) is 0. The molecule has 0 heterocycles. The van der Waals surface area contributed by atoms with Crippen LogP contribution in [-0.2, 0) is 28.7 Å². The average molecular weight is 367 g/mol. The van der Waals surface area contributed by atoms with Gasteiger partial charge in [0.05, 0.1) is 0 Å². The topological polar surface area (TPSA) is 165 Å². The van der Waals surface area contributed by atoms with Crippen LogP contribution in [-0.4, -0.2) is 53.5 Å². The van der Waals surface area contributed by atoms with Gasteiger partial charge in [0.25, 0.3) is 0 Å². The Kier molecular flexibility index (Phi) is 10.8. The molecule has 0 aliphatic carbocycles. The maximum Gasteiger partial charge on any atom is 0.331 e. The van der Waals surface area contributed by atoms with Gasteiger partial charge in [0.2, 0.25) is 0 Å². The number of hydrogen-bond donors (Lipinski definition) is 5. The third kappa shape index (κ3) is 8.91. The molecule has 0 spiro atoms. The normalized spacial score (nSPS) is 14.5. The van der Waals surface area contributed by atoms with Crippen molar-refractivity contribution in [3.8, 4) is 0 Å². The van der Waals surface area contributed by atoms with Crippen molar-refractivity contribution in [3.63, 3.8) is 0 Å². The lowest BCUT2D eigenvalue weighted by molar-refractivity contribution is -0.163. The Morgan fingerprint density at radius 2 is 1.22 bits per heavy atom. The fourth-order valence-electron chi connectivity index (χ4n) is 1.22. The van der Waals surface area contributed by atoms with Crippen LogP contribution in [0.5, 0.6) is 0 Å². The van der Waals surface area contributed by atoms with Crippen molar-refractivity contribution in [1.29, 1.82) is 0 Å². The second-order valence-corrected chi connectivity index (χ2v) is 5.34. The molecule has 0 aromatic carbocycles. The summed E-state index contributed by atoms with van der Waals surface area (Å²) < 4.78 is 8.93. The van der Waals surface area contributed by atoms with E-state index in [9.17, 15) is 19.2 Å². The van der Waals surface area contributed by atoms with Crippen LogP contribution in [0, 0.1) is 0 Å². The monoisotopic (exact) mass is 367 g/mol. The van der Waals surface area contributed by atoms with E-state index in [1.54, 1.807) is 0 Å². The molecule has 0 aliphatic heterocycles. The maximum atomic E-state index is 11.5. The van der Waals surface area contributed by atoms with Gasteiger partial charge in [-0.15, -0.1) is 0 Å². The van der Waals surface area contributed by atoms with E-state index < -0.39 is 42.0 Å². The number of thiol groups is 2. The third-order valence-corrected chi connectivity index (χ3v) is 3.40. The first kappa shape index (κ1) is 21.9. The average Bonchev–Trinajstić information content (AvgIpc) is 2.52. The molecule has 0 fully saturated rings. The maximum absolute atomic E-state index is 11.5. The molecule has 0 aromatic heterocycles. The van der Waals surface area contributed by atoms with Gasteiger partial charge in [0.15, 0.2) is 0 Å². The van der Waals surface area contributed by atoms with Crippen LogP contribution in [0.4, 0.5) is 0 Å². The molecule has 0 saturated carbocycles. The van der Waals surface area contributed by atoms with Crippen molar-refractivity contribution in [1.82, 2.24) is 0 Å². The van der Waals surface area contributed by atoms with Gasteiger partial charge in [-0.2, -0.15) is 25.3 Å². The van der Waals surface area contributed by atoms with Gasteiger partial charge in [-0.05, 0) is 12.8 Å². The molecule has 6 N–H and O–H groups in total. The second kappa shape index (κ2) is 11.4. The van der Waals surface area contributed by atoms with Crippen molar-refractivity contribution in [2.75, 3.05) is 11.5 Å². The highest BCUT2D eigenvalue weighted by molar-refractivity contribution is 7.80. The quantitative estimate of drug-likeness (QED) is 0.178. The molecular formula is C12H21N3O6S2. The molecule has 0 bridgehead atoms. The van der Waals surface area contributed by atoms with Gasteiger partial charge in [-0.1, -0.05) is 0 Å². The molecule has 23 heavy (non-hydrogen) atoms. The van der Waals surface area contributed by atoms with Gasteiger partial charge in [-0.25, -0.2) is 14.4 Å². The largest absolute Gasteiger partial charge is 0.392 e. The summed E-state index contributed by atoms with van der Waals surface area (Å²) in [5.74, 6) is -3.47. The molecule has 3 atom stereocenters. The molecule has 0 saturated heterocycles. The lowest BCUT2D eigenvalue weighted by Crippen LogP contribution is -2.40. The van der Waals surface area contributed by atoms with Gasteiger partial charge in [0, 0.05) is 17.9 Å². The highest BCUT2D eigenvalue weighted by atomic mass is 32.1. The van der Waals surface area contributed by atoms with Crippen LogP contribution in [0.25, 0.3) is 0 Å². The number of rotatable bonds is 9. The fourth-order valence-corrected chi connectivity index (χ4v) is 1.52. The molecular weight excluding hydrogens is 346 g/mol. The molecule has 0 aromatic rings. The SMILES string of the molecule is NC(CCCC(=O)OC(=O)[C@@H](N)CS)C(=O)OC(=O)[C@@H](N)CS. The fraction of sp³-hybridized carbons (Fsp3) is 0.667. The zero-order valence-electron chi connectivity index (χ0n) is 12.3. The van der Waals surface area contributed by atoms with E-state index in [1.807, 2.05) is 0 Å². The predicted molar refractivity (Wildman–Crippen MR) is 87.7 cm³/mol. The highest BCUT2D eigenvalue weighted by Gasteiger charge is 2.23. The predicted octanol–water partition coefficient (Wildman–Crippen LogP) is -1.86. The second-order valence-electron chi connectivity index (χ2n) is 4.61. The lowest BCUT2D eigenvalue weighted by atomic mass is 10.1. The molecule has 9 nitrogen and oxygen atoms in total. The molecule has 1 unspecified atom stereocenters. The number of ether oxygens (including phenoxy) is 2. The Morgan fingerprint density at radius 3 is 1.70 bits per heavy atom. The summed E-state index contributed by atoms with van der Waals surface area (Å²) in [4.78, 5) is 45.4. The first-order chi connectivity index (χ1) is 10.7. The molecule has 0 rings (SSSR count). The molecule has 11 heteroatoms.